The Morgan fingerprint density at radius 2 is 2.05 bits per heavy atom. The molecule has 6 nitrogen and oxygen atoms in total. The lowest BCUT2D eigenvalue weighted by Crippen LogP contribution is -2.56. The molecule has 0 radical (unpaired) electrons. The highest BCUT2D eigenvalue weighted by atomic mass is 16.3. The number of fused-ring (bicyclic) bond motifs is 1. The zero-order chi connectivity index (χ0) is 16.0. The summed E-state index contributed by atoms with van der Waals surface area (Å²) in [4.78, 5) is 25.4. The molecule has 0 spiro atoms. The van der Waals surface area contributed by atoms with E-state index in [0.29, 0.717) is 39.0 Å². The average Bonchev–Trinajstić information content (AvgIpc) is 2.51. The maximum Gasteiger partial charge on any atom is 0.317 e. The van der Waals surface area contributed by atoms with E-state index in [1.807, 2.05) is 6.92 Å². The van der Waals surface area contributed by atoms with Gasteiger partial charge in [0.2, 0.25) is 5.91 Å². The van der Waals surface area contributed by atoms with Gasteiger partial charge in [0.1, 0.15) is 0 Å². The highest BCUT2D eigenvalue weighted by molar-refractivity contribution is 5.78. The van der Waals surface area contributed by atoms with Crippen LogP contribution in [0.15, 0.2) is 0 Å². The van der Waals surface area contributed by atoms with Crippen LogP contribution in [-0.4, -0.2) is 53.7 Å². The first-order chi connectivity index (χ1) is 10.5. The fourth-order valence-electron chi connectivity index (χ4n) is 3.50. The number of rotatable bonds is 5. The Kier molecular flexibility index (Phi) is 6.06. The first kappa shape index (κ1) is 17.1. The molecule has 0 aromatic rings. The van der Waals surface area contributed by atoms with Crippen LogP contribution in [0.5, 0.6) is 0 Å². The van der Waals surface area contributed by atoms with Crippen LogP contribution >= 0.6 is 0 Å². The van der Waals surface area contributed by atoms with Crippen molar-refractivity contribution in [2.75, 3.05) is 26.2 Å². The van der Waals surface area contributed by atoms with Gasteiger partial charge in [0.25, 0.3) is 0 Å². The molecule has 3 N–H and O–H groups in total. The predicted molar refractivity (Wildman–Crippen MR) is 84.4 cm³/mol. The minimum atomic E-state index is -0.560. The number of likely N-dealkylation sites (tertiary alicyclic amines) is 1. The summed E-state index contributed by atoms with van der Waals surface area (Å²) < 4.78 is 0. The number of hydrogen-bond acceptors (Lipinski definition) is 3. The molecule has 1 heterocycles. The quantitative estimate of drug-likeness (QED) is 0.714. The van der Waals surface area contributed by atoms with E-state index in [9.17, 15) is 14.7 Å². The molecule has 2 rings (SSSR count). The predicted octanol–water partition coefficient (Wildman–Crippen LogP) is 1.24. The minimum Gasteiger partial charge on any atom is -0.389 e. The van der Waals surface area contributed by atoms with E-state index >= 15 is 0 Å². The standard InChI is InChI=1S/C16H29N3O3/c1-2-9-17-14(20)6-10-18-15(21)19-11-8-16(22)7-4-3-5-13(16)12-19/h13,22H,2-12H2,1H3,(H,17,20)(H,18,21)/t13-,16-/m0/s1. The number of piperidine rings is 1. The van der Waals surface area contributed by atoms with Gasteiger partial charge in [0.15, 0.2) is 0 Å². The fourth-order valence-corrected chi connectivity index (χ4v) is 3.50. The maximum absolute atomic E-state index is 12.2. The van der Waals surface area contributed by atoms with Gasteiger partial charge in [0, 0.05) is 38.5 Å². The zero-order valence-electron chi connectivity index (χ0n) is 13.6. The third-order valence-corrected chi connectivity index (χ3v) is 4.92. The zero-order valence-corrected chi connectivity index (χ0v) is 13.6. The molecule has 3 amide bonds. The summed E-state index contributed by atoms with van der Waals surface area (Å²) in [5, 5.41) is 16.2. The lowest BCUT2D eigenvalue weighted by atomic mass is 9.71. The van der Waals surface area contributed by atoms with E-state index in [4.69, 9.17) is 0 Å². The van der Waals surface area contributed by atoms with Crippen molar-refractivity contribution in [3.8, 4) is 0 Å². The second-order valence-corrected chi connectivity index (χ2v) is 6.57. The van der Waals surface area contributed by atoms with E-state index in [2.05, 4.69) is 10.6 Å². The Morgan fingerprint density at radius 1 is 1.23 bits per heavy atom. The van der Waals surface area contributed by atoms with E-state index in [0.717, 1.165) is 32.1 Å². The largest absolute Gasteiger partial charge is 0.389 e. The van der Waals surface area contributed by atoms with E-state index in [1.54, 1.807) is 4.90 Å². The molecule has 6 heteroatoms. The number of urea groups is 1. The number of nitrogens with zero attached hydrogens (tertiary/aromatic N) is 1. The van der Waals surface area contributed by atoms with Crippen molar-refractivity contribution in [3.63, 3.8) is 0 Å². The van der Waals surface area contributed by atoms with E-state index < -0.39 is 5.60 Å². The molecule has 0 aromatic carbocycles. The molecule has 126 valence electrons. The fraction of sp³-hybridized carbons (Fsp3) is 0.875. The van der Waals surface area contributed by atoms with Crippen molar-refractivity contribution in [2.45, 2.75) is 57.5 Å². The summed E-state index contributed by atoms with van der Waals surface area (Å²) in [7, 11) is 0. The number of nitrogens with one attached hydrogen (secondary N) is 2. The Bertz CT molecular complexity index is 402. The molecule has 1 saturated carbocycles. The van der Waals surface area contributed by atoms with Gasteiger partial charge in [-0.1, -0.05) is 19.8 Å². The SMILES string of the molecule is CCCNC(=O)CCNC(=O)N1CC[C@@]2(O)CCCC[C@H]2C1. The highest BCUT2D eigenvalue weighted by Crippen LogP contribution is 2.39. The summed E-state index contributed by atoms with van der Waals surface area (Å²) in [5.74, 6) is 0.177. The second-order valence-electron chi connectivity index (χ2n) is 6.57. The summed E-state index contributed by atoms with van der Waals surface area (Å²) in [5.41, 5.74) is -0.560. The molecule has 1 aliphatic carbocycles. The van der Waals surface area contributed by atoms with Gasteiger partial charge >= 0.3 is 6.03 Å². The molecule has 2 aliphatic rings. The van der Waals surface area contributed by atoms with Crippen molar-refractivity contribution >= 4 is 11.9 Å². The smallest absolute Gasteiger partial charge is 0.317 e. The molecule has 2 atom stereocenters. The molecular weight excluding hydrogens is 282 g/mol. The van der Waals surface area contributed by atoms with Gasteiger partial charge in [-0.15, -0.1) is 0 Å². The second kappa shape index (κ2) is 7.81. The topological polar surface area (TPSA) is 81.7 Å². The third kappa shape index (κ3) is 4.35. The molecule has 22 heavy (non-hydrogen) atoms. The van der Waals surface area contributed by atoms with Crippen LogP contribution in [0.25, 0.3) is 0 Å². The van der Waals surface area contributed by atoms with Crippen molar-refractivity contribution in [3.05, 3.63) is 0 Å². The first-order valence-electron chi connectivity index (χ1n) is 8.57. The van der Waals surface area contributed by atoms with Gasteiger partial charge in [-0.3, -0.25) is 4.79 Å². The van der Waals surface area contributed by atoms with Crippen LogP contribution in [0.2, 0.25) is 0 Å². The monoisotopic (exact) mass is 311 g/mol. The van der Waals surface area contributed by atoms with Gasteiger partial charge in [-0.25, -0.2) is 4.79 Å². The lowest BCUT2D eigenvalue weighted by Gasteiger charge is -2.47. The Labute approximate surface area is 132 Å². The third-order valence-electron chi connectivity index (χ3n) is 4.92. The minimum absolute atomic E-state index is 0.0255. The summed E-state index contributed by atoms with van der Waals surface area (Å²) in [6, 6.07) is -0.115. The van der Waals surface area contributed by atoms with Gasteiger partial charge in [-0.05, 0) is 25.7 Å². The average molecular weight is 311 g/mol. The Morgan fingerprint density at radius 3 is 2.82 bits per heavy atom. The maximum atomic E-state index is 12.2. The Balaban J connectivity index is 1.71. The molecule has 1 aliphatic heterocycles. The van der Waals surface area contributed by atoms with Crippen LogP contribution in [0.1, 0.15) is 51.9 Å². The van der Waals surface area contributed by atoms with Crippen LogP contribution in [0.4, 0.5) is 4.79 Å². The van der Waals surface area contributed by atoms with E-state index in [1.165, 1.54) is 0 Å². The van der Waals surface area contributed by atoms with Crippen LogP contribution in [0.3, 0.4) is 0 Å². The van der Waals surface area contributed by atoms with Crippen LogP contribution < -0.4 is 10.6 Å². The molecule has 0 bridgehead atoms. The van der Waals surface area contributed by atoms with Crippen molar-refractivity contribution in [1.82, 2.24) is 15.5 Å². The van der Waals surface area contributed by atoms with Gasteiger partial charge < -0.3 is 20.6 Å². The van der Waals surface area contributed by atoms with Crippen molar-refractivity contribution < 1.29 is 14.7 Å². The van der Waals surface area contributed by atoms with E-state index in [-0.39, 0.29) is 17.9 Å². The number of carbonyl (C=O) groups excluding carboxylic acids is 2. The first-order valence-corrected chi connectivity index (χ1v) is 8.57. The number of amides is 3. The normalized spacial score (nSPS) is 27.9. The summed E-state index contributed by atoms with van der Waals surface area (Å²) in [6.45, 7) is 4.27. The molecule has 0 aromatic heterocycles. The van der Waals surface area contributed by atoms with Gasteiger partial charge in [0.05, 0.1) is 5.60 Å². The van der Waals surface area contributed by atoms with Gasteiger partial charge in [-0.2, -0.15) is 0 Å². The van der Waals surface area contributed by atoms with Crippen molar-refractivity contribution in [1.29, 1.82) is 0 Å². The number of hydrogen-bond donors (Lipinski definition) is 3. The van der Waals surface area contributed by atoms with Crippen LogP contribution in [0, 0.1) is 5.92 Å². The summed E-state index contributed by atoms with van der Waals surface area (Å²) >= 11 is 0. The lowest BCUT2D eigenvalue weighted by molar-refractivity contribution is -0.120. The highest BCUT2D eigenvalue weighted by Gasteiger charge is 2.43. The number of carbonyl (C=O) groups is 2. The number of aliphatic hydroxyl groups is 1. The summed E-state index contributed by atoms with van der Waals surface area (Å²) in [6.07, 6.45) is 5.99. The molecule has 1 saturated heterocycles. The molecule has 0 unspecified atom stereocenters. The van der Waals surface area contributed by atoms with Crippen molar-refractivity contribution in [2.24, 2.45) is 5.92 Å². The molecular formula is C16H29N3O3. The van der Waals surface area contributed by atoms with Crippen LogP contribution in [-0.2, 0) is 4.79 Å². The molecule has 2 fully saturated rings. The Hall–Kier alpha value is -1.30.